The molecule has 0 heterocycles. The van der Waals surface area contributed by atoms with Gasteiger partial charge in [-0.2, -0.15) is 0 Å². The van der Waals surface area contributed by atoms with Gasteiger partial charge in [-0.25, -0.2) is 8.42 Å². The number of carbonyl (C=O) groups excluding carboxylic acids is 2. The predicted molar refractivity (Wildman–Crippen MR) is 161 cm³/mol. The van der Waals surface area contributed by atoms with E-state index in [2.05, 4.69) is 5.32 Å². The predicted octanol–water partition coefficient (Wildman–Crippen LogP) is 5.87. The number of amides is 2. The Labute approximate surface area is 243 Å². The van der Waals surface area contributed by atoms with Gasteiger partial charge >= 0.3 is 0 Å². The van der Waals surface area contributed by atoms with Crippen LogP contribution in [0.1, 0.15) is 50.3 Å². The first kappa shape index (κ1) is 31.2. The number of rotatable bonds is 12. The summed E-state index contributed by atoms with van der Waals surface area (Å²) < 4.78 is 29.0. The molecule has 3 rings (SSSR count). The summed E-state index contributed by atoms with van der Waals surface area (Å²) in [6.07, 6.45) is 1.07. The Bertz CT molecular complexity index is 1430. The summed E-state index contributed by atoms with van der Waals surface area (Å²) in [7, 11) is -4.11. The van der Waals surface area contributed by atoms with Gasteiger partial charge in [0, 0.05) is 17.6 Å². The molecule has 0 saturated carbocycles. The van der Waals surface area contributed by atoms with E-state index in [0.717, 1.165) is 21.9 Å². The van der Waals surface area contributed by atoms with E-state index in [1.165, 1.54) is 17.0 Å². The van der Waals surface area contributed by atoms with Crippen LogP contribution in [0.25, 0.3) is 0 Å². The molecule has 3 aromatic carbocycles. The van der Waals surface area contributed by atoms with E-state index in [0.29, 0.717) is 22.7 Å². The first-order chi connectivity index (χ1) is 19.0. The van der Waals surface area contributed by atoms with Crippen LogP contribution in [0.15, 0.2) is 77.7 Å². The van der Waals surface area contributed by atoms with Crippen molar-refractivity contribution in [3.8, 4) is 0 Å². The molecule has 0 radical (unpaired) electrons. The third-order valence-corrected chi connectivity index (χ3v) is 9.02. The highest BCUT2D eigenvalue weighted by Gasteiger charge is 2.34. The summed E-state index contributed by atoms with van der Waals surface area (Å²) in [6, 6.07) is 19.7. The monoisotopic (exact) mass is 583 g/mol. The molecule has 2 atom stereocenters. The van der Waals surface area contributed by atoms with E-state index in [9.17, 15) is 18.0 Å². The lowest BCUT2D eigenvalue weighted by Gasteiger charge is -2.34. The fourth-order valence-electron chi connectivity index (χ4n) is 4.32. The van der Waals surface area contributed by atoms with E-state index in [4.69, 9.17) is 11.6 Å². The summed E-state index contributed by atoms with van der Waals surface area (Å²) in [5.74, 6) is -0.802. The molecule has 40 heavy (non-hydrogen) atoms. The molecule has 1 N–H and O–H groups in total. The maximum atomic E-state index is 14.1. The number of benzene rings is 3. The highest BCUT2D eigenvalue weighted by atomic mass is 35.5. The van der Waals surface area contributed by atoms with Crippen LogP contribution in [0.2, 0.25) is 5.02 Å². The van der Waals surface area contributed by atoms with Crippen molar-refractivity contribution in [2.45, 2.75) is 71.0 Å². The van der Waals surface area contributed by atoms with Crippen molar-refractivity contribution in [1.29, 1.82) is 0 Å². The summed E-state index contributed by atoms with van der Waals surface area (Å²) in [6.45, 7) is 8.99. The minimum Gasteiger partial charge on any atom is -0.352 e. The van der Waals surface area contributed by atoms with Gasteiger partial charge in [0.05, 0.1) is 10.6 Å². The van der Waals surface area contributed by atoms with Gasteiger partial charge in [-0.3, -0.25) is 13.9 Å². The molecule has 2 amide bonds. The smallest absolute Gasteiger partial charge is 0.264 e. The summed E-state index contributed by atoms with van der Waals surface area (Å²) in [5, 5.41) is 3.43. The maximum Gasteiger partial charge on any atom is 0.264 e. The molecular weight excluding hydrogens is 546 g/mol. The highest BCUT2D eigenvalue weighted by Crippen LogP contribution is 2.26. The first-order valence-corrected chi connectivity index (χ1v) is 15.3. The SMILES string of the molecule is CCC(C)NC(=O)C(CC)N(Cc1ccccc1Cl)C(=O)CN(c1cccc(C)c1)S(=O)(=O)c1ccc(C)cc1. The van der Waals surface area contributed by atoms with Crippen LogP contribution < -0.4 is 9.62 Å². The molecule has 0 aromatic heterocycles. The Morgan fingerprint density at radius 1 is 0.900 bits per heavy atom. The Hall–Kier alpha value is -3.36. The number of nitrogens with zero attached hydrogens (tertiary/aromatic N) is 2. The van der Waals surface area contributed by atoms with Crippen molar-refractivity contribution in [1.82, 2.24) is 10.2 Å². The van der Waals surface area contributed by atoms with Gasteiger partial charge in [-0.1, -0.05) is 73.5 Å². The van der Waals surface area contributed by atoms with Crippen LogP contribution in [0, 0.1) is 13.8 Å². The molecule has 0 spiro atoms. The molecule has 9 heteroatoms. The normalized spacial score (nSPS) is 12.8. The van der Waals surface area contributed by atoms with E-state index < -0.39 is 28.5 Å². The zero-order valence-electron chi connectivity index (χ0n) is 23.7. The van der Waals surface area contributed by atoms with Gasteiger partial charge in [0.2, 0.25) is 11.8 Å². The molecule has 2 unspecified atom stereocenters. The Morgan fingerprint density at radius 2 is 1.57 bits per heavy atom. The molecular formula is C31H38ClN3O4S. The molecule has 0 aliphatic carbocycles. The van der Waals surface area contributed by atoms with E-state index in [1.54, 1.807) is 48.5 Å². The molecule has 3 aromatic rings. The number of hydrogen-bond donors (Lipinski definition) is 1. The zero-order chi connectivity index (χ0) is 29.4. The van der Waals surface area contributed by atoms with Crippen LogP contribution in [-0.4, -0.2) is 43.8 Å². The van der Waals surface area contributed by atoms with Crippen LogP contribution in [0.5, 0.6) is 0 Å². The lowest BCUT2D eigenvalue weighted by atomic mass is 10.1. The van der Waals surface area contributed by atoms with Crippen molar-refractivity contribution < 1.29 is 18.0 Å². The highest BCUT2D eigenvalue weighted by molar-refractivity contribution is 7.92. The minimum absolute atomic E-state index is 0.0528. The maximum absolute atomic E-state index is 14.1. The first-order valence-electron chi connectivity index (χ1n) is 13.5. The van der Waals surface area contributed by atoms with Gasteiger partial charge in [-0.05, 0) is 75.1 Å². The van der Waals surface area contributed by atoms with Crippen LogP contribution in [-0.2, 0) is 26.2 Å². The zero-order valence-corrected chi connectivity index (χ0v) is 25.3. The molecule has 0 bridgehead atoms. The van der Waals surface area contributed by atoms with Crippen LogP contribution >= 0.6 is 11.6 Å². The lowest BCUT2D eigenvalue weighted by molar-refractivity contribution is -0.140. The Morgan fingerprint density at radius 3 is 2.17 bits per heavy atom. The van der Waals surface area contributed by atoms with Crippen LogP contribution in [0.4, 0.5) is 5.69 Å². The summed E-state index contributed by atoms with van der Waals surface area (Å²) in [4.78, 5) is 29.0. The number of nitrogens with one attached hydrogen (secondary N) is 1. The average molecular weight is 584 g/mol. The number of anilines is 1. The van der Waals surface area contributed by atoms with Gasteiger partial charge < -0.3 is 10.2 Å². The van der Waals surface area contributed by atoms with E-state index >= 15 is 0 Å². The number of carbonyl (C=O) groups is 2. The average Bonchev–Trinajstić information content (AvgIpc) is 2.92. The lowest BCUT2D eigenvalue weighted by Crippen LogP contribution is -2.53. The summed E-state index contributed by atoms with van der Waals surface area (Å²) in [5.41, 5.74) is 2.79. The second kappa shape index (κ2) is 13.8. The molecule has 214 valence electrons. The number of hydrogen-bond acceptors (Lipinski definition) is 4. The van der Waals surface area contributed by atoms with E-state index in [-0.39, 0.29) is 23.4 Å². The summed E-state index contributed by atoms with van der Waals surface area (Å²) >= 11 is 6.45. The molecule has 0 fully saturated rings. The van der Waals surface area contributed by atoms with Crippen molar-refractivity contribution in [2.75, 3.05) is 10.8 Å². The largest absolute Gasteiger partial charge is 0.352 e. The second-order valence-corrected chi connectivity index (χ2v) is 12.3. The van der Waals surface area contributed by atoms with Gasteiger partial charge in [-0.15, -0.1) is 0 Å². The van der Waals surface area contributed by atoms with Crippen molar-refractivity contribution in [3.05, 3.63) is 94.5 Å². The van der Waals surface area contributed by atoms with Gasteiger partial charge in [0.1, 0.15) is 12.6 Å². The molecule has 0 aliphatic heterocycles. The van der Waals surface area contributed by atoms with Crippen molar-refractivity contribution >= 4 is 39.1 Å². The quantitative estimate of drug-likeness (QED) is 0.289. The van der Waals surface area contributed by atoms with Gasteiger partial charge in [0.15, 0.2) is 0 Å². The Balaban J connectivity index is 2.07. The molecule has 0 aliphatic rings. The standard InChI is InChI=1S/C31H38ClN3O4S/c1-6-24(5)33-31(37)29(7-2)34(20-25-12-8-9-14-28(25)32)30(36)21-35(26-13-10-11-23(4)19-26)40(38,39)27-17-15-22(3)16-18-27/h8-19,24,29H,6-7,20-21H2,1-5H3,(H,33,37). The number of aryl methyl sites for hydroxylation is 2. The van der Waals surface area contributed by atoms with E-state index in [1.807, 2.05) is 46.8 Å². The van der Waals surface area contributed by atoms with Gasteiger partial charge in [0.25, 0.3) is 10.0 Å². The Kier molecular flexibility index (Phi) is 10.8. The molecule has 0 saturated heterocycles. The molecule has 7 nitrogen and oxygen atoms in total. The number of sulfonamides is 1. The second-order valence-electron chi connectivity index (χ2n) is 10.0. The van der Waals surface area contributed by atoms with Crippen molar-refractivity contribution in [3.63, 3.8) is 0 Å². The fraction of sp³-hybridized carbons (Fsp3) is 0.355. The topological polar surface area (TPSA) is 86.8 Å². The minimum atomic E-state index is -4.11. The fourth-order valence-corrected chi connectivity index (χ4v) is 5.92. The third-order valence-electron chi connectivity index (χ3n) is 6.86. The third kappa shape index (κ3) is 7.64. The van der Waals surface area contributed by atoms with Crippen molar-refractivity contribution in [2.24, 2.45) is 0 Å². The van der Waals surface area contributed by atoms with Crippen LogP contribution in [0.3, 0.4) is 0 Å². The number of halogens is 1.